The van der Waals surface area contributed by atoms with Crippen LogP contribution in [-0.2, 0) is 14.3 Å². The third kappa shape index (κ3) is 3.59. The summed E-state index contributed by atoms with van der Waals surface area (Å²) in [5.74, 6) is -1.01. The number of nitro benzene ring substituents is 1. The number of methoxy groups -OCH3 is 1. The van der Waals surface area contributed by atoms with Crippen LogP contribution < -0.4 is 4.90 Å². The first-order valence-corrected chi connectivity index (χ1v) is 8.98. The van der Waals surface area contributed by atoms with Gasteiger partial charge in [-0.25, -0.2) is 4.79 Å². The zero-order valence-corrected chi connectivity index (χ0v) is 16.6. The number of carbonyl (C=O) groups is 2. The molecule has 0 unspecified atom stereocenters. The quantitative estimate of drug-likeness (QED) is 0.305. The molecular formula is C20H15BrN2O5. The Morgan fingerprint density at radius 2 is 1.89 bits per heavy atom. The van der Waals surface area contributed by atoms with Gasteiger partial charge in [-0.2, -0.15) is 0 Å². The lowest BCUT2D eigenvalue weighted by Crippen LogP contribution is -2.24. The highest BCUT2D eigenvalue weighted by Gasteiger charge is 2.37. The van der Waals surface area contributed by atoms with Crippen molar-refractivity contribution in [3.63, 3.8) is 0 Å². The Balaban J connectivity index is 2.10. The van der Waals surface area contributed by atoms with Crippen molar-refractivity contribution in [3.8, 4) is 0 Å². The van der Waals surface area contributed by atoms with Crippen LogP contribution in [0.3, 0.4) is 0 Å². The van der Waals surface area contributed by atoms with Gasteiger partial charge in [0, 0.05) is 22.3 Å². The predicted molar refractivity (Wildman–Crippen MR) is 107 cm³/mol. The molecule has 28 heavy (non-hydrogen) atoms. The number of hydrogen-bond donors (Lipinski definition) is 0. The van der Waals surface area contributed by atoms with Crippen LogP contribution in [0.5, 0.6) is 0 Å². The van der Waals surface area contributed by atoms with Gasteiger partial charge in [0.1, 0.15) is 0 Å². The first-order valence-electron chi connectivity index (χ1n) is 8.19. The Labute approximate surface area is 169 Å². The summed E-state index contributed by atoms with van der Waals surface area (Å²) in [5, 5.41) is 10.8. The zero-order valence-electron chi connectivity index (χ0n) is 15.0. The molecule has 8 heteroatoms. The van der Waals surface area contributed by atoms with Crippen LogP contribution in [0, 0.1) is 10.1 Å². The maximum atomic E-state index is 13.1. The van der Waals surface area contributed by atoms with Gasteiger partial charge in [0.05, 0.1) is 28.9 Å². The van der Waals surface area contributed by atoms with Gasteiger partial charge in [0.25, 0.3) is 11.6 Å². The van der Waals surface area contributed by atoms with E-state index in [0.717, 1.165) is 4.47 Å². The van der Waals surface area contributed by atoms with Crippen LogP contribution >= 0.6 is 15.9 Å². The van der Waals surface area contributed by atoms with Gasteiger partial charge >= 0.3 is 5.97 Å². The van der Waals surface area contributed by atoms with Crippen molar-refractivity contribution < 1.29 is 19.2 Å². The fourth-order valence-electron chi connectivity index (χ4n) is 2.97. The number of rotatable bonds is 4. The molecule has 0 aromatic heterocycles. The average molecular weight is 443 g/mol. The van der Waals surface area contributed by atoms with Crippen molar-refractivity contribution in [2.24, 2.45) is 0 Å². The molecule has 0 bridgehead atoms. The van der Waals surface area contributed by atoms with Crippen LogP contribution in [0.25, 0.3) is 6.08 Å². The van der Waals surface area contributed by atoms with Gasteiger partial charge in [0.2, 0.25) is 0 Å². The van der Waals surface area contributed by atoms with Crippen LogP contribution in [0.4, 0.5) is 11.4 Å². The van der Waals surface area contributed by atoms with Crippen molar-refractivity contribution in [1.29, 1.82) is 0 Å². The molecule has 0 spiro atoms. The standard InChI is InChI=1S/C20H15BrN2O5/c1-12-18(20(25)28-2)17(10-13-6-8-15(9-7-13)23(26)27)19(24)22(12)16-5-3-4-14(21)11-16/h3-11H,1-2H3. The van der Waals surface area contributed by atoms with E-state index >= 15 is 0 Å². The van der Waals surface area contributed by atoms with Gasteiger partial charge in [-0.15, -0.1) is 0 Å². The molecule has 0 saturated heterocycles. The number of nitrogens with zero attached hydrogens (tertiary/aromatic N) is 2. The molecule has 0 radical (unpaired) electrons. The minimum atomic E-state index is -0.628. The number of esters is 1. The summed E-state index contributed by atoms with van der Waals surface area (Å²) in [7, 11) is 1.25. The Morgan fingerprint density at radius 3 is 2.46 bits per heavy atom. The van der Waals surface area contributed by atoms with Gasteiger partial charge in [-0.3, -0.25) is 19.8 Å². The molecule has 0 N–H and O–H groups in total. The van der Waals surface area contributed by atoms with Crippen LogP contribution in [-0.4, -0.2) is 23.9 Å². The zero-order chi connectivity index (χ0) is 20.4. The molecule has 1 aliphatic rings. The van der Waals surface area contributed by atoms with Crippen LogP contribution in [0.1, 0.15) is 12.5 Å². The smallest absolute Gasteiger partial charge is 0.340 e. The molecular weight excluding hydrogens is 428 g/mol. The fourth-order valence-corrected chi connectivity index (χ4v) is 3.35. The lowest BCUT2D eigenvalue weighted by molar-refractivity contribution is -0.384. The number of nitro groups is 1. The van der Waals surface area contributed by atoms with Crippen molar-refractivity contribution in [2.75, 3.05) is 12.0 Å². The summed E-state index contributed by atoms with van der Waals surface area (Å²) in [6.45, 7) is 1.67. The number of carbonyl (C=O) groups excluding carboxylic acids is 2. The predicted octanol–water partition coefficient (Wildman–Crippen LogP) is 4.23. The summed E-state index contributed by atoms with van der Waals surface area (Å²) in [6, 6.07) is 12.9. The molecule has 1 aliphatic heterocycles. The Bertz CT molecular complexity index is 1040. The second-order valence-electron chi connectivity index (χ2n) is 5.98. The van der Waals surface area contributed by atoms with Gasteiger partial charge in [-0.05, 0) is 48.9 Å². The SMILES string of the molecule is COC(=O)C1=C(C)N(c2cccc(Br)c2)C(=O)C1=Cc1ccc([N+](=O)[O-])cc1. The lowest BCUT2D eigenvalue weighted by atomic mass is 10.0. The van der Waals surface area contributed by atoms with Gasteiger partial charge in [0.15, 0.2) is 0 Å². The van der Waals surface area contributed by atoms with E-state index in [-0.39, 0.29) is 22.7 Å². The first-order chi connectivity index (χ1) is 13.3. The van der Waals surface area contributed by atoms with E-state index in [4.69, 9.17) is 4.74 Å². The number of benzene rings is 2. The lowest BCUT2D eigenvalue weighted by Gasteiger charge is -2.18. The molecule has 0 atom stereocenters. The Kier molecular flexibility index (Phi) is 5.41. The van der Waals surface area contributed by atoms with E-state index in [1.807, 2.05) is 6.07 Å². The average Bonchev–Trinajstić information content (AvgIpc) is 2.91. The molecule has 0 fully saturated rings. The van der Waals surface area contributed by atoms with Crippen LogP contribution in [0.15, 0.2) is 69.8 Å². The Morgan fingerprint density at radius 1 is 1.21 bits per heavy atom. The summed E-state index contributed by atoms with van der Waals surface area (Å²) in [5.41, 5.74) is 1.87. The van der Waals surface area contributed by atoms with E-state index in [1.54, 1.807) is 25.1 Å². The van der Waals surface area contributed by atoms with Crippen molar-refractivity contribution in [2.45, 2.75) is 6.92 Å². The second kappa shape index (κ2) is 7.77. The number of anilines is 1. The van der Waals surface area contributed by atoms with E-state index in [2.05, 4.69) is 15.9 Å². The van der Waals surface area contributed by atoms with Gasteiger partial charge < -0.3 is 4.74 Å². The molecule has 1 heterocycles. The molecule has 3 rings (SSSR count). The third-order valence-corrected chi connectivity index (χ3v) is 4.76. The highest BCUT2D eigenvalue weighted by Crippen LogP contribution is 2.36. The molecule has 2 aromatic carbocycles. The monoisotopic (exact) mass is 442 g/mol. The van der Waals surface area contributed by atoms with E-state index in [1.165, 1.54) is 42.4 Å². The molecule has 1 amide bonds. The highest BCUT2D eigenvalue weighted by molar-refractivity contribution is 9.10. The normalized spacial score (nSPS) is 15.3. The number of non-ortho nitro benzene ring substituents is 1. The third-order valence-electron chi connectivity index (χ3n) is 4.27. The second-order valence-corrected chi connectivity index (χ2v) is 6.89. The molecule has 142 valence electrons. The highest BCUT2D eigenvalue weighted by atomic mass is 79.9. The molecule has 0 aliphatic carbocycles. The number of ether oxygens (including phenoxy) is 1. The maximum Gasteiger partial charge on any atom is 0.340 e. The number of allylic oxidation sites excluding steroid dienone is 1. The summed E-state index contributed by atoms with van der Waals surface area (Å²) < 4.78 is 5.65. The van der Waals surface area contributed by atoms with E-state index in [0.29, 0.717) is 16.9 Å². The number of hydrogen-bond acceptors (Lipinski definition) is 5. The summed E-state index contributed by atoms with van der Waals surface area (Å²) in [4.78, 5) is 37.2. The minimum Gasteiger partial charge on any atom is -0.465 e. The maximum absolute atomic E-state index is 13.1. The summed E-state index contributed by atoms with van der Waals surface area (Å²) in [6.07, 6.45) is 1.53. The number of halogens is 1. The molecule has 2 aromatic rings. The fraction of sp³-hybridized carbons (Fsp3) is 0.100. The minimum absolute atomic E-state index is 0.0597. The van der Waals surface area contributed by atoms with Crippen molar-refractivity contribution >= 4 is 45.3 Å². The van der Waals surface area contributed by atoms with Gasteiger partial charge in [-0.1, -0.05) is 22.0 Å². The molecule has 7 nitrogen and oxygen atoms in total. The molecule has 0 saturated carbocycles. The first kappa shape index (κ1) is 19.5. The van der Waals surface area contributed by atoms with E-state index in [9.17, 15) is 19.7 Å². The topological polar surface area (TPSA) is 89.8 Å². The van der Waals surface area contributed by atoms with E-state index < -0.39 is 10.9 Å². The van der Waals surface area contributed by atoms with Crippen LogP contribution in [0.2, 0.25) is 0 Å². The largest absolute Gasteiger partial charge is 0.465 e. The van der Waals surface area contributed by atoms with Crippen molar-refractivity contribution in [1.82, 2.24) is 0 Å². The number of amides is 1. The summed E-state index contributed by atoms with van der Waals surface area (Å²) >= 11 is 3.38. The van der Waals surface area contributed by atoms with Crippen molar-refractivity contribution in [3.05, 3.63) is 85.5 Å². The Hall–Kier alpha value is -3.26.